The molecule has 6 heteroatoms. The van der Waals surface area contributed by atoms with Gasteiger partial charge in [0.25, 0.3) is 0 Å². The predicted molar refractivity (Wildman–Crippen MR) is 96.2 cm³/mol. The first kappa shape index (κ1) is 18.4. The molecule has 0 bridgehead atoms. The summed E-state index contributed by atoms with van der Waals surface area (Å²) >= 11 is 12.2. The summed E-state index contributed by atoms with van der Waals surface area (Å²) in [4.78, 5) is 12.1. The fourth-order valence-corrected chi connectivity index (χ4v) is 2.75. The Bertz CT molecular complexity index is 699. The highest BCUT2D eigenvalue weighted by molar-refractivity contribution is 6.36. The first-order chi connectivity index (χ1) is 11.5. The van der Waals surface area contributed by atoms with Crippen molar-refractivity contribution in [3.8, 4) is 11.5 Å². The normalized spacial score (nSPS) is 10.3. The molecule has 0 spiro atoms. The van der Waals surface area contributed by atoms with Gasteiger partial charge in [-0.2, -0.15) is 0 Å². The van der Waals surface area contributed by atoms with Crippen LogP contribution < -0.4 is 14.8 Å². The van der Waals surface area contributed by atoms with Gasteiger partial charge in [0.15, 0.2) is 11.5 Å². The lowest BCUT2D eigenvalue weighted by molar-refractivity contribution is -0.120. The molecule has 0 saturated carbocycles. The highest BCUT2D eigenvalue weighted by Gasteiger charge is 2.11. The zero-order valence-electron chi connectivity index (χ0n) is 13.6. The lowest BCUT2D eigenvalue weighted by Gasteiger charge is -2.12. The summed E-state index contributed by atoms with van der Waals surface area (Å²) in [6.07, 6.45) is 0.132. The Morgan fingerprint density at radius 1 is 1.12 bits per heavy atom. The van der Waals surface area contributed by atoms with Gasteiger partial charge in [-0.25, -0.2) is 0 Å². The van der Waals surface area contributed by atoms with E-state index >= 15 is 0 Å². The van der Waals surface area contributed by atoms with Gasteiger partial charge in [-0.15, -0.1) is 0 Å². The predicted octanol–water partition coefficient (Wildman–Crippen LogP) is 4.26. The van der Waals surface area contributed by atoms with Gasteiger partial charge in [0, 0.05) is 16.6 Å². The summed E-state index contributed by atoms with van der Waals surface area (Å²) in [6, 6.07) is 10.7. The van der Waals surface area contributed by atoms with Crippen molar-refractivity contribution in [3.63, 3.8) is 0 Å². The fraction of sp³-hybridized carbons (Fsp3) is 0.278. The van der Waals surface area contributed by atoms with Gasteiger partial charge in [-0.1, -0.05) is 35.3 Å². The van der Waals surface area contributed by atoms with Crippen LogP contribution in [0, 0.1) is 0 Å². The van der Waals surface area contributed by atoms with Crippen LogP contribution in [0.2, 0.25) is 10.0 Å². The molecule has 1 amide bonds. The van der Waals surface area contributed by atoms with Crippen molar-refractivity contribution >= 4 is 29.1 Å². The molecule has 0 aliphatic carbocycles. The highest BCUT2D eigenvalue weighted by Crippen LogP contribution is 2.28. The molecule has 2 aromatic carbocycles. The number of nitrogens with one attached hydrogen (secondary N) is 1. The number of ether oxygens (including phenoxy) is 2. The molecule has 2 rings (SSSR count). The average Bonchev–Trinajstić information content (AvgIpc) is 2.57. The van der Waals surface area contributed by atoms with Crippen molar-refractivity contribution in [3.05, 3.63) is 57.6 Å². The first-order valence-electron chi connectivity index (χ1n) is 7.54. The number of carbonyl (C=O) groups is 1. The molecule has 0 heterocycles. The zero-order valence-corrected chi connectivity index (χ0v) is 15.1. The van der Waals surface area contributed by atoms with Crippen LogP contribution in [-0.4, -0.2) is 19.6 Å². The third-order valence-corrected chi connectivity index (χ3v) is 4.12. The molecule has 0 saturated heterocycles. The number of carbonyl (C=O) groups excluding carboxylic acids is 1. The van der Waals surface area contributed by atoms with Crippen molar-refractivity contribution < 1.29 is 14.3 Å². The summed E-state index contributed by atoms with van der Waals surface area (Å²) in [5.74, 6) is 1.16. The molecule has 0 atom stereocenters. The summed E-state index contributed by atoms with van der Waals surface area (Å²) in [6.45, 7) is 2.85. The Labute approximate surface area is 151 Å². The Hall–Kier alpha value is -1.91. The van der Waals surface area contributed by atoms with E-state index in [0.29, 0.717) is 40.3 Å². The molecule has 0 aromatic heterocycles. The van der Waals surface area contributed by atoms with Crippen LogP contribution in [0.4, 0.5) is 0 Å². The molecule has 0 aliphatic rings. The third-order valence-electron chi connectivity index (χ3n) is 3.42. The number of rotatable bonds is 7. The number of methoxy groups -OCH3 is 1. The number of hydrogen-bond acceptors (Lipinski definition) is 3. The van der Waals surface area contributed by atoms with Crippen molar-refractivity contribution in [1.29, 1.82) is 0 Å². The molecule has 0 radical (unpaired) electrons. The zero-order chi connectivity index (χ0) is 17.5. The molecule has 0 unspecified atom stereocenters. The second kappa shape index (κ2) is 8.81. The molecule has 2 aromatic rings. The molecule has 1 N–H and O–H groups in total. The molecular formula is C18H19Cl2NO3. The molecular weight excluding hydrogens is 349 g/mol. The Morgan fingerprint density at radius 3 is 2.46 bits per heavy atom. The minimum Gasteiger partial charge on any atom is -0.493 e. The average molecular weight is 368 g/mol. The van der Waals surface area contributed by atoms with E-state index in [9.17, 15) is 4.79 Å². The minimum atomic E-state index is -0.155. The SMILES string of the molecule is CCOc1ccc(CNC(=O)Cc2c(Cl)cccc2Cl)cc1OC. The second-order valence-corrected chi connectivity index (χ2v) is 5.89. The Balaban J connectivity index is 1.99. The van der Waals surface area contributed by atoms with Crippen molar-refractivity contribution in [2.45, 2.75) is 19.9 Å². The molecule has 0 fully saturated rings. The van der Waals surface area contributed by atoms with Gasteiger partial charge < -0.3 is 14.8 Å². The first-order valence-corrected chi connectivity index (χ1v) is 8.30. The van der Waals surface area contributed by atoms with Gasteiger partial charge in [-0.05, 0) is 42.3 Å². The standard InChI is InChI=1S/C18H19Cl2NO3/c1-3-24-16-8-7-12(9-17(16)23-2)11-21-18(22)10-13-14(19)5-4-6-15(13)20/h4-9H,3,10-11H2,1-2H3,(H,21,22). The molecule has 24 heavy (non-hydrogen) atoms. The van der Waals surface area contributed by atoms with Gasteiger partial charge >= 0.3 is 0 Å². The lowest BCUT2D eigenvalue weighted by Crippen LogP contribution is -2.24. The van der Waals surface area contributed by atoms with Crippen LogP contribution in [0.1, 0.15) is 18.1 Å². The number of hydrogen-bond donors (Lipinski definition) is 1. The monoisotopic (exact) mass is 367 g/mol. The summed E-state index contributed by atoms with van der Waals surface area (Å²) < 4.78 is 10.8. The molecule has 0 aliphatic heterocycles. The number of benzene rings is 2. The highest BCUT2D eigenvalue weighted by atomic mass is 35.5. The van der Waals surface area contributed by atoms with E-state index in [4.69, 9.17) is 32.7 Å². The van der Waals surface area contributed by atoms with E-state index in [1.807, 2.05) is 25.1 Å². The Morgan fingerprint density at radius 2 is 1.83 bits per heavy atom. The summed E-state index contributed by atoms with van der Waals surface area (Å²) in [5, 5.41) is 3.82. The fourth-order valence-electron chi connectivity index (χ4n) is 2.22. The largest absolute Gasteiger partial charge is 0.493 e. The number of amides is 1. The smallest absolute Gasteiger partial charge is 0.224 e. The van der Waals surface area contributed by atoms with Crippen LogP contribution in [-0.2, 0) is 17.8 Å². The van der Waals surface area contributed by atoms with Crippen LogP contribution in [0.15, 0.2) is 36.4 Å². The lowest BCUT2D eigenvalue weighted by atomic mass is 10.1. The van der Waals surface area contributed by atoms with E-state index in [1.54, 1.807) is 25.3 Å². The summed E-state index contributed by atoms with van der Waals surface area (Å²) in [5.41, 5.74) is 1.54. The quantitative estimate of drug-likeness (QED) is 0.795. The maximum absolute atomic E-state index is 12.1. The van der Waals surface area contributed by atoms with Crippen LogP contribution >= 0.6 is 23.2 Å². The van der Waals surface area contributed by atoms with E-state index < -0.39 is 0 Å². The summed E-state index contributed by atoms with van der Waals surface area (Å²) in [7, 11) is 1.58. The van der Waals surface area contributed by atoms with Gasteiger partial charge in [0.1, 0.15) is 0 Å². The van der Waals surface area contributed by atoms with Crippen LogP contribution in [0.25, 0.3) is 0 Å². The van der Waals surface area contributed by atoms with Crippen molar-refractivity contribution in [1.82, 2.24) is 5.32 Å². The maximum atomic E-state index is 12.1. The second-order valence-electron chi connectivity index (χ2n) is 5.07. The van der Waals surface area contributed by atoms with E-state index in [1.165, 1.54) is 0 Å². The molecule has 4 nitrogen and oxygen atoms in total. The van der Waals surface area contributed by atoms with Crippen LogP contribution in [0.5, 0.6) is 11.5 Å². The van der Waals surface area contributed by atoms with E-state index in [-0.39, 0.29) is 12.3 Å². The van der Waals surface area contributed by atoms with Gasteiger partial charge in [0.05, 0.1) is 20.1 Å². The Kier molecular flexibility index (Phi) is 6.76. The third kappa shape index (κ3) is 4.79. The number of halogens is 2. The van der Waals surface area contributed by atoms with Crippen molar-refractivity contribution in [2.24, 2.45) is 0 Å². The topological polar surface area (TPSA) is 47.6 Å². The van der Waals surface area contributed by atoms with Crippen molar-refractivity contribution in [2.75, 3.05) is 13.7 Å². The van der Waals surface area contributed by atoms with E-state index in [0.717, 1.165) is 5.56 Å². The van der Waals surface area contributed by atoms with Gasteiger partial charge in [-0.3, -0.25) is 4.79 Å². The minimum absolute atomic E-state index is 0.132. The van der Waals surface area contributed by atoms with Crippen LogP contribution in [0.3, 0.4) is 0 Å². The molecule has 128 valence electrons. The van der Waals surface area contributed by atoms with Gasteiger partial charge in [0.2, 0.25) is 5.91 Å². The maximum Gasteiger partial charge on any atom is 0.224 e. The van der Waals surface area contributed by atoms with E-state index in [2.05, 4.69) is 5.32 Å².